The topological polar surface area (TPSA) is 88.2 Å². The lowest BCUT2D eigenvalue weighted by atomic mass is 10.0. The summed E-state index contributed by atoms with van der Waals surface area (Å²) in [5.74, 6) is -0.304. The van der Waals surface area contributed by atoms with Gasteiger partial charge in [-0.25, -0.2) is 4.98 Å². The van der Waals surface area contributed by atoms with Gasteiger partial charge in [0.05, 0.1) is 19.6 Å². The smallest absolute Gasteiger partial charge is 0.230 e. The number of rotatable bonds is 9. The minimum absolute atomic E-state index is 0.0519. The lowest BCUT2D eigenvalue weighted by Gasteiger charge is -2.10. The molecule has 1 aromatic heterocycles. The van der Waals surface area contributed by atoms with E-state index < -0.39 is 18.8 Å². The van der Waals surface area contributed by atoms with Gasteiger partial charge in [-0.2, -0.15) is 0 Å². The summed E-state index contributed by atoms with van der Waals surface area (Å²) in [7, 11) is 0. The highest BCUT2D eigenvalue weighted by molar-refractivity contribution is 7.13. The predicted octanol–water partition coefficient (Wildman–Crippen LogP) is 4.35. The van der Waals surface area contributed by atoms with Crippen molar-refractivity contribution in [3.05, 3.63) is 76.8 Å². The molecule has 6 heteroatoms. The lowest BCUT2D eigenvalue weighted by molar-refractivity contribution is -0.115. The fraction of sp³-hybridized carbons (Fsp3) is 0.273. The molecule has 0 aliphatic rings. The Hall–Kier alpha value is -2.70. The predicted molar refractivity (Wildman–Crippen MR) is 114 cm³/mol. The quantitative estimate of drug-likeness (QED) is 0.498. The Morgan fingerprint density at radius 2 is 2.00 bits per heavy atom. The molecule has 146 valence electrons. The summed E-state index contributed by atoms with van der Waals surface area (Å²) in [5, 5.41) is 15.2. The van der Waals surface area contributed by atoms with Crippen LogP contribution in [0.1, 0.15) is 49.0 Å². The van der Waals surface area contributed by atoms with E-state index in [1.807, 2.05) is 0 Å². The van der Waals surface area contributed by atoms with Crippen molar-refractivity contribution in [2.24, 2.45) is 0 Å². The Morgan fingerprint density at radius 3 is 2.68 bits per heavy atom. The van der Waals surface area contributed by atoms with Gasteiger partial charge in [0.15, 0.2) is 5.13 Å². The Balaban J connectivity index is 1.65. The van der Waals surface area contributed by atoms with Gasteiger partial charge in [0, 0.05) is 16.6 Å². The number of carbonyl (C=O) groups is 1. The van der Waals surface area contributed by atoms with E-state index in [0.717, 1.165) is 0 Å². The molecule has 3 aromatic rings. The number of anilines is 2. The van der Waals surface area contributed by atoms with E-state index in [-0.39, 0.29) is 30.7 Å². The Morgan fingerprint density at radius 1 is 1.25 bits per heavy atom. The highest BCUT2D eigenvalue weighted by atomic mass is 32.1. The number of nitrogens with zero attached hydrogens (tertiary/aromatic N) is 1. The van der Waals surface area contributed by atoms with Crippen LogP contribution in [-0.4, -0.2) is 16.0 Å². The normalized spacial score (nSPS) is 16.7. The minimum atomic E-state index is -2.39. The molecule has 0 saturated heterocycles. The maximum absolute atomic E-state index is 12.2. The van der Waals surface area contributed by atoms with E-state index in [2.05, 4.69) is 10.3 Å². The zero-order valence-corrected chi connectivity index (χ0v) is 16.0. The molecule has 0 aliphatic carbocycles. The lowest BCUT2D eigenvalue weighted by Crippen LogP contribution is -2.14. The van der Waals surface area contributed by atoms with Crippen LogP contribution >= 0.6 is 11.3 Å². The van der Waals surface area contributed by atoms with Crippen molar-refractivity contribution in [3.63, 3.8) is 0 Å². The molecule has 1 atom stereocenters. The van der Waals surface area contributed by atoms with Crippen LogP contribution in [0, 0.1) is 0 Å². The SMILES string of the molecule is [2H]C([2H])(CC[C@]([2H])(O)c1ccccc1)C([2H])([2H])c1ccc(NC(=O)Cc2csc(N)n2)cc1. The van der Waals surface area contributed by atoms with Gasteiger partial charge in [-0.05, 0) is 42.4 Å². The van der Waals surface area contributed by atoms with Crippen molar-refractivity contribution in [1.82, 2.24) is 4.98 Å². The number of aryl methyl sites for hydroxylation is 1. The van der Waals surface area contributed by atoms with Gasteiger partial charge in [0.25, 0.3) is 0 Å². The number of nitrogens with one attached hydrogen (secondary N) is 1. The number of aliphatic hydroxyl groups is 1. The second kappa shape index (κ2) is 10.0. The summed E-state index contributed by atoms with van der Waals surface area (Å²) in [5.41, 5.74) is 6.96. The molecule has 28 heavy (non-hydrogen) atoms. The van der Waals surface area contributed by atoms with Gasteiger partial charge in [-0.15, -0.1) is 11.3 Å². The Bertz CT molecular complexity index is 1090. The number of aromatic nitrogens is 1. The Labute approximate surface area is 176 Å². The molecule has 0 fully saturated rings. The first kappa shape index (κ1) is 14.3. The van der Waals surface area contributed by atoms with Crippen LogP contribution in [0.4, 0.5) is 10.8 Å². The van der Waals surface area contributed by atoms with E-state index in [4.69, 9.17) is 12.6 Å². The second-order valence-corrected chi connectivity index (χ2v) is 6.98. The fourth-order valence-electron chi connectivity index (χ4n) is 2.53. The summed E-state index contributed by atoms with van der Waals surface area (Å²) >= 11 is 1.25. The number of carbonyl (C=O) groups excluding carboxylic acids is 1. The van der Waals surface area contributed by atoms with Crippen molar-refractivity contribution < 1.29 is 16.8 Å². The number of nitrogen functional groups attached to an aromatic ring is 1. The van der Waals surface area contributed by atoms with Crippen LogP contribution in [-0.2, 0) is 17.6 Å². The first-order valence-corrected chi connectivity index (χ1v) is 9.67. The number of hydrogen-bond acceptors (Lipinski definition) is 5. The molecule has 0 radical (unpaired) electrons. The van der Waals surface area contributed by atoms with Crippen LogP contribution in [0.3, 0.4) is 0 Å². The van der Waals surface area contributed by atoms with E-state index in [1.165, 1.54) is 35.6 Å². The van der Waals surface area contributed by atoms with Gasteiger partial charge < -0.3 is 16.2 Å². The number of amides is 1. The zero-order valence-electron chi connectivity index (χ0n) is 20.2. The molecule has 0 spiro atoms. The number of nitrogens with two attached hydrogens (primary N) is 1. The van der Waals surface area contributed by atoms with Crippen LogP contribution in [0.15, 0.2) is 60.0 Å². The molecule has 1 heterocycles. The summed E-state index contributed by atoms with van der Waals surface area (Å²) in [4.78, 5) is 16.2. The highest BCUT2D eigenvalue weighted by Gasteiger charge is 2.08. The van der Waals surface area contributed by atoms with Crippen LogP contribution in [0.2, 0.25) is 0 Å². The maximum atomic E-state index is 12.2. The van der Waals surface area contributed by atoms with E-state index >= 15 is 0 Å². The number of hydrogen-bond donors (Lipinski definition) is 3. The number of benzene rings is 2. The molecule has 0 aliphatic heterocycles. The van der Waals surface area contributed by atoms with E-state index in [0.29, 0.717) is 22.1 Å². The molecule has 3 rings (SSSR count). The van der Waals surface area contributed by atoms with Gasteiger partial charge in [0.1, 0.15) is 0 Å². The summed E-state index contributed by atoms with van der Waals surface area (Å²) in [6.45, 7) is 0. The largest absolute Gasteiger partial charge is 0.388 e. The van der Waals surface area contributed by atoms with Crippen molar-refractivity contribution >= 4 is 28.1 Å². The highest BCUT2D eigenvalue weighted by Crippen LogP contribution is 2.20. The summed E-state index contributed by atoms with van der Waals surface area (Å²) < 4.78 is 41.6. The molecule has 0 unspecified atom stereocenters. The van der Waals surface area contributed by atoms with Gasteiger partial charge >= 0.3 is 0 Å². The fourth-order valence-corrected chi connectivity index (χ4v) is 3.09. The summed E-state index contributed by atoms with van der Waals surface area (Å²) in [6, 6.07) is 14.1. The average molecular weight is 401 g/mol. The molecule has 1 amide bonds. The van der Waals surface area contributed by atoms with Crippen LogP contribution < -0.4 is 11.1 Å². The van der Waals surface area contributed by atoms with Crippen molar-refractivity contribution in [3.8, 4) is 0 Å². The van der Waals surface area contributed by atoms with E-state index in [1.54, 1.807) is 35.7 Å². The van der Waals surface area contributed by atoms with Gasteiger partial charge in [0.2, 0.25) is 5.91 Å². The molecule has 2 aromatic carbocycles. The average Bonchev–Trinajstić information content (AvgIpc) is 3.17. The zero-order chi connectivity index (χ0) is 24.3. The Kier molecular flexibility index (Phi) is 5.12. The molecule has 0 bridgehead atoms. The van der Waals surface area contributed by atoms with Crippen molar-refractivity contribution in [2.45, 2.75) is 38.1 Å². The maximum Gasteiger partial charge on any atom is 0.230 e. The standard InChI is InChI=1S/C22H25N3O2S/c23-22-25-19(15-28-22)14-21(27)24-18-12-10-16(11-13-18)6-4-5-9-20(26)17-7-2-1-3-8-17/h1-3,7-8,10-13,15,20,26H,4-6,9,14H2,(H2,23,25)(H,24,27)/t20-/m0/s1/i4D2,6D2,20D. The van der Waals surface area contributed by atoms with Crippen LogP contribution in [0.5, 0.6) is 0 Å². The third kappa shape index (κ3) is 6.18. The molecule has 5 nitrogen and oxygen atoms in total. The molecule has 0 saturated carbocycles. The van der Waals surface area contributed by atoms with Crippen molar-refractivity contribution in [1.29, 1.82) is 0 Å². The first-order chi connectivity index (χ1) is 15.4. The second-order valence-electron chi connectivity index (χ2n) is 6.09. The molecular formula is C22H25N3O2S. The third-order valence-electron chi connectivity index (χ3n) is 3.91. The van der Waals surface area contributed by atoms with Crippen molar-refractivity contribution in [2.75, 3.05) is 11.1 Å². The third-order valence-corrected chi connectivity index (χ3v) is 4.63. The van der Waals surface area contributed by atoms with E-state index in [9.17, 15) is 9.90 Å². The first-order valence-electron chi connectivity index (χ1n) is 11.3. The van der Waals surface area contributed by atoms with Gasteiger partial charge in [-0.1, -0.05) is 48.9 Å². The monoisotopic (exact) mass is 400 g/mol. The van der Waals surface area contributed by atoms with Crippen LogP contribution in [0.25, 0.3) is 0 Å². The summed E-state index contributed by atoms with van der Waals surface area (Å²) in [6.07, 6.45) is -7.37. The molecular weight excluding hydrogens is 370 g/mol. The minimum Gasteiger partial charge on any atom is -0.388 e. The molecule has 4 N–H and O–H groups in total. The number of thiazole rings is 1. The van der Waals surface area contributed by atoms with Gasteiger partial charge in [-0.3, -0.25) is 4.79 Å².